The van der Waals surface area contributed by atoms with Crippen LogP contribution < -0.4 is 5.56 Å². The topological polar surface area (TPSA) is 58.6 Å². The molecule has 0 amide bonds. The Kier molecular flexibility index (Phi) is 4.23. The number of aryl methyl sites for hydroxylation is 2. The normalized spacial score (nSPS) is 11.0. The van der Waals surface area contributed by atoms with Crippen LogP contribution in [0.2, 0.25) is 0 Å². The lowest BCUT2D eigenvalue weighted by atomic mass is 10.1. The van der Waals surface area contributed by atoms with Crippen molar-refractivity contribution >= 4 is 11.0 Å². The molecule has 0 saturated heterocycles. The Balaban J connectivity index is 1.60. The smallest absolute Gasteiger partial charge is 0.260 e. The molecule has 3 aromatic rings. The summed E-state index contributed by atoms with van der Waals surface area (Å²) < 4.78 is 12.8. The number of nitrogens with zero attached hydrogens (tertiary/aromatic N) is 2. The van der Waals surface area contributed by atoms with E-state index in [9.17, 15) is 9.18 Å². The molecule has 0 atom stereocenters. The minimum atomic E-state index is -0.214. The Morgan fingerprint density at radius 1 is 1.05 bits per heavy atom. The summed E-state index contributed by atoms with van der Waals surface area (Å²) in [6.45, 7) is 0. The third-order valence-corrected chi connectivity index (χ3v) is 3.57. The Morgan fingerprint density at radius 3 is 2.64 bits per heavy atom. The van der Waals surface area contributed by atoms with Crippen molar-refractivity contribution in [3.8, 4) is 0 Å². The van der Waals surface area contributed by atoms with Gasteiger partial charge in [-0.1, -0.05) is 12.1 Å². The number of rotatable bonds is 5. The van der Waals surface area contributed by atoms with Gasteiger partial charge in [0, 0.05) is 12.6 Å². The first-order chi connectivity index (χ1) is 10.7. The molecule has 5 heteroatoms. The van der Waals surface area contributed by atoms with Crippen LogP contribution in [0.5, 0.6) is 0 Å². The summed E-state index contributed by atoms with van der Waals surface area (Å²) in [5, 5.41) is 0.512. The molecule has 4 nitrogen and oxygen atoms in total. The second kappa shape index (κ2) is 6.47. The first-order valence-corrected chi connectivity index (χ1v) is 7.31. The minimum Gasteiger partial charge on any atom is -0.310 e. The lowest BCUT2D eigenvalue weighted by Gasteiger charge is -2.03. The molecule has 3 rings (SSSR count). The molecule has 1 N–H and O–H groups in total. The molecule has 0 unspecified atom stereocenters. The number of H-pyrrole nitrogens is 1. The molecule has 0 bridgehead atoms. The van der Waals surface area contributed by atoms with Crippen molar-refractivity contribution in [1.29, 1.82) is 0 Å². The predicted octanol–water partition coefficient (Wildman–Crippen LogP) is 3.02. The monoisotopic (exact) mass is 297 g/mol. The zero-order valence-electron chi connectivity index (χ0n) is 12.1. The quantitative estimate of drug-likeness (QED) is 0.736. The lowest BCUT2D eigenvalue weighted by Crippen LogP contribution is -2.12. The SMILES string of the molecule is O=c1[nH]c(CCCCc2ccc(F)cc2)nc2ncccc12. The van der Waals surface area contributed by atoms with E-state index < -0.39 is 0 Å². The van der Waals surface area contributed by atoms with Crippen molar-refractivity contribution in [2.45, 2.75) is 25.7 Å². The van der Waals surface area contributed by atoms with Gasteiger partial charge in [0.25, 0.3) is 5.56 Å². The second-order valence-electron chi connectivity index (χ2n) is 5.22. The molecule has 0 fully saturated rings. The maximum atomic E-state index is 12.8. The number of fused-ring (bicyclic) bond motifs is 1. The first kappa shape index (κ1) is 14.4. The maximum absolute atomic E-state index is 12.8. The Bertz CT molecular complexity index is 827. The van der Waals surface area contributed by atoms with E-state index in [4.69, 9.17) is 0 Å². The molecular formula is C17H16FN3O. The van der Waals surface area contributed by atoms with Gasteiger partial charge in [-0.15, -0.1) is 0 Å². The number of aromatic nitrogens is 3. The van der Waals surface area contributed by atoms with E-state index in [1.807, 2.05) is 0 Å². The second-order valence-corrected chi connectivity index (χ2v) is 5.22. The first-order valence-electron chi connectivity index (χ1n) is 7.31. The summed E-state index contributed by atoms with van der Waals surface area (Å²) in [6.07, 6.45) is 5.07. The van der Waals surface area contributed by atoms with Crippen LogP contribution >= 0.6 is 0 Å². The number of benzene rings is 1. The van der Waals surface area contributed by atoms with Crippen molar-refractivity contribution in [2.75, 3.05) is 0 Å². The number of unbranched alkanes of at least 4 members (excludes halogenated alkanes) is 1. The van der Waals surface area contributed by atoms with Crippen LogP contribution in [0.4, 0.5) is 4.39 Å². The van der Waals surface area contributed by atoms with Crippen LogP contribution in [0.25, 0.3) is 11.0 Å². The molecule has 0 aliphatic rings. The molecule has 2 heterocycles. The lowest BCUT2D eigenvalue weighted by molar-refractivity contribution is 0.626. The Morgan fingerprint density at radius 2 is 1.82 bits per heavy atom. The summed E-state index contributed by atoms with van der Waals surface area (Å²) in [5.41, 5.74) is 1.45. The summed E-state index contributed by atoms with van der Waals surface area (Å²) >= 11 is 0. The minimum absolute atomic E-state index is 0.147. The number of hydrogen-bond donors (Lipinski definition) is 1. The predicted molar refractivity (Wildman–Crippen MR) is 83.2 cm³/mol. The van der Waals surface area contributed by atoms with Gasteiger partial charge in [0.15, 0.2) is 5.65 Å². The van der Waals surface area contributed by atoms with Gasteiger partial charge in [-0.25, -0.2) is 14.4 Å². The van der Waals surface area contributed by atoms with Gasteiger partial charge in [-0.3, -0.25) is 4.79 Å². The van der Waals surface area contributed by atoms with Crippen LogP contribution in [0.1, 0.15) is 24.2 Å². The Hall–Kier alpha value is -2.56. The van der Waals surface area contributed by atoms with Gasteiger partial charge in [-0.2, -0.15) is 0 Å². The van der Waals surface area contributed by atoms with Gasteiger partial charge in [0.1, 0.15) is 11.6 Å². The molecule has 112 valence electrons. The molecule has 0 radical (unpaired) electrons. The Labute approximate surface area is 127 Å². The zero-order valence-corrected chi connectivity index (χ0v) is 12.1. The summed E-state index contributed by atoms with van der Waals surface area (Å²) in [7, 11) is 0. The fourth-order valence-electron chi connectivity index (χ4n) is 2.41. The van der Waals surface area contributed by atoms with Crippen LogP contribution in [0.15, 0.2) is 47.4 Å². The largest absolute Gasteiger partial charge is 0.310 e. The van der Waals surface area contributed by atoms with Gasteiger partial charge < -0.3 is 4.98 Å². The number of pyridine rings is 1. The molecule has 0 aliphatic heterocycles. The summed E-state index contributed by atoms with van der Waals surface area (Å²) in [5.74, 6) is 0.449. The number of hydrogen-bond acceptors (Lipinski definition) is 3. The van der Waals surface area contributed by atoms with E-state index in [2.05, 4.69) is 15.0 Å². The highest BCUT2D eigenvalue weighted by molar-refractivity contribution is 5.72. The van der Waals surface area contributed by atoms with Crippen LogP contribution in [-0.4, -0.2) is 15.0 Å². The van der Waals surface area contributed by atoms with Crippen LogP contribution in [0.3, 0.4) is 0 Å². The summed E-state index contributed by atoms with van der Waals surface area (Å²) in [4.78, 5) is 23.2. The van der Waals surface area contributed by atoms with Gasteiger partial charge in [0.05, 0.1) is 5.39 Å². The molecule has 0 spiro atoms. The highest BCUT2D eigenvalue weighted by atomic mass is 19.1. The van der Waals surface area contributed by atoms with E-state index in [-0.39, 0.29) is 11.4 Å². The standard InChI is InChI=1S/C17H16FN3O/c18-13-9-7-12(8-10-13)4-1-2-6-15-20-16-14(17(22)21-15)5-3-11-19-16/h3,5,7-11H,1-2,4,6H2,(H,19,20,21,22). The van der Waals surface area contributed by atoms with E-state index in [1.165, 1.54) is 12.1 Å². The third-order valence-electron chi connectivity index (χ3n) is 3.57. The van der Waals surface area contributed by atoms with E-state index in [0.717, 1.165) is 24.8 Å². The average Bonchev–Trinajstić information content (AvgIpc) is 2.53. The van der Waals surface area contributed by atoms with Crippen molar-refractivity contribution in [2.24, 2.45) is 0 Å². The van der Waals surface area contributed by atoms with Gasteiger partial charge in [-0.05, 0) is 49.1 Å². The molecule has 1 aromatic carbocycles. The fourth-order valence-corrected chi connectivity index (χ4v) is 2.41. The van der Waals surface area contributed by atoms with Gasteiger partial charge in [0.2, 0.25) is 0 Å². The van der Waals surface area contributed by atoms with E-state index >= 15 is 0 Å². The molecule has 2 aromatic heterocycles. The van der Waals surface area contributed by atoms with Crippen molar-refractivity contribution in [1.82, 2.24) is 15.0 Å². The van der Waals surface area contributed by atoms with Crippen molar-refractivity contribution in [3.05, 3.63) is 70.2 Å². The van der Waals surface area contributed by atoms with E-state index in [1.54, 1.807) is 30.5 Å². The number of nitrogens with one attached hydrogen (secondary N) is 1. The highest BCUT2D eigenvalue weighted by Gasteiger charge is 2.04. The van der Waals surface area contributed by atoms with Crippen LogP contribution in [0, 0.1) is 5.82 Å². The summed E-state index contributed by atoms with van der Waals surface area (Å²) in [6, 6.07) is 9.99. The van der Waals surface area contributed by atoms with Gasteiger partial charge >= 0.3 is 0 Å². The molecule has 0 aliphatic carbocycles. The van der Waals surface area contributed by atoms with E-state index in [0.29, 0.717) is 23.3 Å². The molecular weight excluding hydrogens is 281 g/mol. The molecule has 0 saturated carbocycles. The number of halogens is 1. The molecule has 22 heavy (non-hydrogen) atoms. The van der Waals surface area contributed by atoms with Crippen molar-refractivity contribution < 1.29 is 4.39 Å². The third kappa shape index (κ3) is 3.36. The van der Waals surface area contributed by atoms with Crippen molar-refractivity contribution in [3.63, 3.8) is 0 Å². The maximum Gasteiger partial charge on any atom is 0.260 e. The highest BCUT2D eigenvalue weighted by Crippen LogP contribution is 2.09. The average molecular weight is 297 g/mol. The fraction of sp³-hybridized carbons (Fsp3) is 0.235. The number of aromatic amines is 1. The zero-order chi connectivity index (χ0) is 15.4. The van der Waals surface area contributed by atoms with Crippen LogP contribution in [-0.2, 0) is 12.8 Å².